The second-order valence-electron chi connectivity index (χ2n) is 17.9. The highest BCUT2D eigenvalue weighted by Crippen LogP contribution is 2.55. The van der Waals surface area contributed by atoms with Crippen LogP contribution in [0.3, 0.4) is 0 Å². The third-order valence-corrected chi connectivity index (χ3v) is 13.6. The van der Waals surface area contributed by atoms with Gasteiger partial charge in [-0.3, -0.25) is 24.3 Å². The summed E-state index contributed by atoms with van der Waals surface area (Å²) >= 11 is 0. The predicted octanol–water partition coefficient (Wildman–Crippen LogP) is 5.65. The number of allylic oxidation sites excluding steroid dienone is 2. The summed E-state index contributed by atoms with van der Waals surface area (Å²) in [5.41, 5.74) is -0.293. The Bertz CT molecular complexity index is 2220. The summed E-state index contributed by atoms with van der Waals surface area (Å²) in [5.74, 6) is -8.29. The number of phenols is 3. The van der Waals surface area contributed by atoms with Crippen molar-refractivity contribution >= 4 is 40.3 Å². The molecule has 2 aromatic carbocycles. The van der Waals surface area contributed by atoms with E-state index in [2.05, 4.69) is 17.1 Å². The molecule has 0 radical (unpaired) electrons. The largest absolute Gasteiger partial charge is 0.507 e. The number of amides is 1. The number of aliphatic hydroxyl groups is 2. The van der Waals surface area contributed by atoms with Gasteiger partial charge in [-0.1, -0.05) is 52.3 Å². The Hall–Kier alpha value is -5.16. The van der Waals surface area contributed by atoms with E-state index in [1.807, 2.05) is 5.01 Å². The first-order valence-electron chi connectivity index (χ1n) is 21.8. The number of carbonyl (C=O) groups is 3. The third-order valence-electron chi connectivity index (χ3n) is 13.6. The molecule has 7 rings (SSSR count). The van der Waals surface area contributed by atoms with Gasteiger partial charge < -0.3 is 49.8 Å². The maximum atomic E-state index is 14.6. The van der Waals surface area contributed by atoms with Crippen molar-refractivity contribution in [2.45, 2.75) is 124 Å². The Morgan fingerprint density at radius 1 is 0.952 bits per heavy atom. The van der Waals surface area contributed by atoms with Crippen LogP contribution in [0.1, 0.15) is 96.1 Å². The van der Waals surface area contributed by atoms with E-state index in [0.29, 0.717) is 19.1 Å². The lowest BCUT2D eigenvalue weighted by Crippen LogP contribution is -2.56. The van der Waals surface area contributed by atoms with Crippen LogP contribution in [0, 0.1) is 30.6 Å². The van der Waals surface area contributed by atoms with Crippen LogP contribution < -0.4 is 10.1 Å². The molecule has 0 saturated carbocycles. The van der Waals surface area contributed by atoms with E-state index >= 15 is 0 Å². The zero-order valence-corrected chi connectivity index (χ0v) is 37.9. The number of benzene rings is 2. The van der Waals surface area contributed by atoms with E-state index in [0.717, 1.165) is 25.8 Å². The van der Waals surface area contributed by atoms with Gasteiger partial charge in [-0.05, 0) is 39.7 Å². The van der Waals surface area contributed by atoms with Gasteiger partial charge in [-0.25, -0.2) is 0 Å². The van der Waals surface area contributed by atoms with Crippen molar-refractivity contribution in [1.82, 2.24) is 9.91 Å². The lowest BCUT2D eigenvalue weighted by atomic mass is 9.78. The minimum absolute atomic E-state index is 0.0626. The van der Waals surface area contributed by atoms with Crippen molar-refractivity contribution in [3.63, 3.8) is 0 Å². The van der Waals surface area contributed by atoms with E-state index in [1.165, 1.54) is 52.5 Å². The van der Waals surface area contributed by atoms with E-state index in [4.69, 9.17) is 24.0 Å². The average molecular weight is 877 g/mol. The highest BCUT2D eigenvalue weighted by Gasteiger charge is 2.50. The van der Waals surface area contributed by atoms with E-state index < -0.39 is 88.8 Å². The summed E-state index contributed by atoms with van der Waals surface area (Å²) in [6.07, 6.45) is 8.21. The van der Waals surface area contributed by atoms with Crippen molar-refractivity contribution in [2.24, 2.45) is 28.8 Å². The van der Waals surface area contributed by atoms with Crippen molar-refractivity contribution in [2.75, 3.05) is 32.1 Å². The number of ether oxygens (including phenoxy) is 4. The topological polar surface area (TPSA) is 220 Å². The number of nitrogens with one attached hydrogen (secondary N) is 1. The molecule has 2 saturated heterocycles. The minimum atomic E-state index is -2.05. The normalized spacial score (nSPS) is 34.2. The molecule has 0 aliphatic carbocycles. The molecule has 16 heteroatoms. The highest BCUT2D eigenvalue weighted by molar-refractivity contribution is 6.23. The van der Waals surface area contributed by atoms with Gasteiger partial charge >= 0.3 is 11.8 Å². The number of hydrazone groups is 1. The lowest BCUT2D eigenvalue weighted by molar-refractivity contribution is -0.160. The van der Waals surface area contributed by atoms with Crippen LogP contribution in [0.4, 0.5) is 5.69 Å². The second kappa shape index (κ2) is 18.9. The van der Waals surface area contributed by atoms with E-state index in [-0.39, 0.29) is 50.5 Å². The number of esters is 1. The van der Waals surface area contributed by atoms with Gasteiger partial charge in [0.25, 0.3) is 11.7 Å². The number of carbonyl (C=O) groups excluding carboxylic acids is 3. The Labute approximate surface area is 368 Å². The molecule has 5 heterocycles. The van der Waals surface area contributed by atoms with Crippen LogP contribution in [0.2, 0.25) is 0 Å². The van der Waals surface area contributed by atoms with Gasteiger partial charge in [0.1, 0.15) is 23.4 Å². The summed E-state index contributed by atoms with van der Waals surface area (Å²) in [4.78, 5) is 43.3. The Kier molecular flexibility index (Phi) is 14.2. The second-order valence-corrected chi connectivity index (χ2v) is 17.9. The van der Waals surface area contributed by atoms with Crippen molar-refractivity contribution < 1.29 is 58.9 Å². The van der Waals surface area contributed by atoms with Crippen molar-refractivity contribution in [1.29, 1.82) is 0 Å². The fraction of sp³-hybridized carbons (Fsp3) is 0.574. The molecule has 16 nitrogen and oxygen atoms in total. The molecule has 344 valence electrons. The molecule has 0 aromatic heterocycles. The molecule has 2 unspecified atom stereocenters. The van der Waals surface area contributed by atoms with Crippen molar-refractivity contribution in [3.05, 3.63) is 52.8 Å². The molecule has 6 N–H and O–H groups in total. The summed E-state index contributed by atoms with van der Waals surface area (Å²) in [5, 5.41) is 67.7. The summed E-state index contributed by atoms with van der Waals surface area (Å²) in [7, 11) is 1.44. The van der Waals surface area contributed by atoms with Gasteiger partial charge in [-0.15, -0.1) is 0 Å². The highest BCUT2D eigenvalue weighted by atomic mass is 16.7. The minimum Gasteiger partial charge on any atom is -0.507 e. The number of aromatic hydroxyl groups is 3. The fourth-order valence-electron chi connectivity index (χ4n) is 9.62. The van der Waals surface area contributed by atoms with Crippen LogP contribution in [0.5, 0.6) is 23.0 Å². The van der Waals surface area contributed by atoms with Gasteiger partial charge in [-0.2, -0.15) is 5.10 Å². The quantitative estimate of drug-likeness (QED) is 0.0948. The summed E-state index contributed by atoms with van der Waals surface area (Å²) in [6.45, 7) is 16.8. The molecule has 2 fully saturated rings. The maximum Gasteiger partial charge on any atom is 0.312 e. The molecule has 11 atom stereocenters. The Morgan fingerprint density at radius 2 is 1.67 bits per heavy atom. The van der Waals surface area contributed by atoms with E-state index in [1.54, 1.807) is 46.8 Å². The number of ketones is 1. The first-order chi connectivity index (χ1) is 29.7. The maximum absolute atomic E-state index is 14.6. The number of piperidine rings is 1. The number of methoxy groups -OCH3 is 1. The van der Waals surface area contributed by atoms with Crippen LogP contribution in [0.25, 0.3) is 10.8 Å². The fourth-order valence-corrected chi connectivity index (χ4v) is 9.62. The van der Waals surface area contributed by atoms with Crippen LogP contribution in [-0.2, 0) is 23.8 Å². The predicted molar refractivity (Wildman–Crippen MR) is 237 cm³/mol. The summed E-state index contributed by atoms with van der Waals surface area (Å²) in [6, 6.07) is 0.737. The standard InChI is InChI=1S/C47H64N4O12/c1-23-13-11-14-24(2)46(59)49-37-32(21-48-50-18-19-51-25(3)15-12-16-31(51)22-50)41(56)34-35(42(37)57)40(55)29(7)44-36(34)45(58)47(9,63-44)61-20-17-33(60-10)26(4)43(62-30(8)52)28(6)39(54)27(5)38(23)53/h11,13-14,17,20-21,23,25-28,31,33,38-39,43,53-57H,12,15-16,18-19,22H2,1-10H3,(H,49,59)/b13-11+,20-17+,24-14-,48-21+/t23-,25?,26+,27+,28+,31?,33-,38-,39+,43+,47-/m0/s1. The van der Waals surface area contributed by atoms with Crippen LogP contribution in [-0.4, -0.2) is 128 Å². The molecular weight excluding hydrogens is 813 g/mol. The molecule has 63 heavy (non-hydrogen) atoms. The molecule has 0 spiro atoms. The smallest absolute Gasteiger partial charge is 0.312 e. The third kappa shape index (κ3) is 9.13. The molecular formula is C47H64N4O12. The number of piperazine rings is 1. The first kappa shape index (κ1) is 47.3. The molecule has 5 aliphatic rings. The van der Waals surface area contributed by atoms with E-state index in [9.17, 15) is 39.9 Å². The first-order valence-corrected chi connectivity index (χ1v) is 21.8. The molecule has 5 aliphatic heterocycles. The summed E-state index contributed by atoms with van der Waals surface area (Å²) < 4.78 is 23.7. The number of aliphatic hydroxyl groups excluding tert-OH is 2. The zero-order chi connectivity index (χ0) is 46.2. The number of nitrogens with zero attached hydrogens (tertiary/aromatic N) is 3. The number of anilines is 1. The van der Waals surface area contributed by atoms with Crippen LogP contribution in [0.15, 0.2) is 41.2 Å². The molecule has 2 aromatic rings. The number of hydrogen-bond acceptors (Lipinski definition) is 15. The molecule has 1 amide bonds. The van der Waals surface area contributed by atoms with Crippen LogP contribution >= 0.6 is 0 Å². The SMILES string of the molecule is CO[C@H]1/C=C/O[C@@]2(C)Oc3c(C)c(O)c4c(O)c(c(/C=N/N5CCN6C(C)CCCC6C5)c(O)c4c3C2=O)NC(=O)/C(C)=C\C=C\[C@H](C)[C@H](O)[C@@H](C)[C@@H](O)[C@@H](C)[C@H](OC(C)=O)[C@@H]1C. The number of phenolic OH excluding ortho intramolecular Hbond substituents is 3. The van der Waals surface area contributed by atoms with Gasteiger partial charge in [0.2, 0.25) is 0 Å². The average Bonchev–Trinajstić information content (AvgIpc) is 3.51. The van der Waals surface area contributed by atoms with Gasteiger partial charge in [0.15, 0.2) is 5.75 Å². The van der Waals surface area contributed by atoms with Gasteiger partial charge in [0.05, 0.1) is 59.5 Å². The van der Waals surface area contributed by atoms with Gasteiger partial charge in [0, 0.05) is 86.3 Å². The number of rotatable bonds is 4. The number of Topliss-reactive ketones (excluding diaryl/α,β-unsaturated/α-hetero) is 1. The Balaban J connectivity index is 1.50. The van der Waals surface area contributed by atoms with Crippen molar-refractivity contribution in [3.8, 4) is 23.0 Å². The zero-order valence-electron chi connectivity index (χ0n) is 37.9. The number of hydrogen-bond donors (Lipinski definition) is 6. The molecule has 5 bridgehead atoms. The lowest BCUT2D eigenvalue weighted by Gasteiger charge is -2.46. The monoisotopic (exact) mass is 876 g/mol. The number of fused-ring (bicyclic) bond motifs is 15. The Morgan fingerprint density at radius 3 is 2.35 bits per heavy atom.